The van der Waals surface area contributed by atoms with Gasteiger partial charge in [-0.15, -0.1) is 11.3 Å². The van der Waals surface area contributed by atoms with Gasteiger partial charge in [0.05, 0.1) is 5.39 Å². The number of benzene rings is 3. The van der Waals surface area contributed by atoms with Gasteiger partial charge in [0, 0.05) is 43.0 Å². The number of anilines is 1. The Labute approximate surface area is 233 Å². The third-order valence-electron chi connectivity index (χ3n) is 8.21. The zero-order valence-corrected chi connectivity index (χ0v) is 22.9. The zero-order valence-electron chi connectivity index (χ0n) is 22.1. The summed E-state index contributed by atoms with van der Waals surface area (Å²) >= 11 is 1.88. The predicted octanol–water partition coefficient (Wildman–Crippen LogP) is 6.47. The number of piperazine rings is 1. The Bertz CT molecular complexity index is 1650. The molecule has 0 N–H and O–H groups in total. The highest BCUT2D eigenvalue weighted by Gasteiger charge is 2.28. The van der Waals surface area contributed by atoms with Gasteiger partial charge in [0.2, 0.25) is 0 Å². The fourth-order valence-corrected chi connectivity index (χ4v) is 7.40. The van der Waals surface area contributed by atoms with E-state index in [1.165, 1.54) is 34.2 Å². The molecule has 3 heterocycles. The molecule has 0 unspecified atom stereocenters. The van der Waals surface area contributed by atoms with E-state index >= 15 is 0 Å². The Balaban J connectivity index is 1.16. The van der Waals surface area contributed by atoms with Crippen molar-refractivity contribution in [2.45, 2.75) is 38.5 Å². The lowest BCUT2D eigenvalue weighted by Crippen LogP contribution is -2.49. The molecule has 1 aliphatic heterocycles. The minimum Gasteiger partial charge on any atom is -0.352 e. The Hall–Kier alpha value is -3.77. The maximum atomic E-state index is 13.6. The van der Waals surface area contributed by atoms with E-state index in [1.54, 1.807) is 0 Å². The van der Waals surface area contributed by atoms with Crippen molar-refractivity contribution in [2.24, 2.45) is 0 Å². The molecule has 0 saturated carbocycles. The molecule has 0 bridgehead atoms. The Morgan fingerprint density at radius 1 is 0.795 bits per heavy atom. The smallest absolute Gasteiger partial charge is 0.254 e. The van der Waals surface area contributed by atoms with Crippen molar-refractivity contribution in [3.8, 4) is 0 Å². The molecule has 2 aliphatic rings. The van der Waals surface area contributed by atoms with Crippen molar-refractivity contribution in [1.29, 1.82) is 0 Å². The summed E-state index contributed by atoms with van der Waals surface area (Å²) in [7, 11) is 0. The van der Waals surface area contributed by atoms with Crippen LogP contribution in [-0.2, 0) is 25.7 Å². The van der Waals surface area contributed by atoms with Gasteiger partial charge in [-0.05, 0) is 60.1 Å². The van der Waals surface area contributed by atoms with Crippen molar-refractivity contribution in [1.82, 2.24) is 14.9 Å². The topological polar surface area (TPSA) is 49.3 Å². The normalized spacial score (nSPS) is 15.6. The van der Waals surface area contributed by atoms with Crippen LogP contribution in [0.5, 0.6) is 0 Å². The highest BCUT2D eigenvalue weighted by molar-refractivity contribution is 7.19. The molecule has 7 rings (SSSR count). The summed E-state index contributed by atoms with van der Waals surface area (Å²) in [4.78, 5) is 30.9. The first-order chi connectivity index (χ1) is 19.2. The molecule has 5 aromatic rings. The SMILES string of the molecule is O=C(c1cccc2ccccc12)N1CCN(c2nc(CCc3ccccc3)nc3sc4c(c23)CCCC4)CC1. The van der Waals surface area contributed by atoms with Crippen LogP contribution in [0.15, 0.2) is 72.8 Å². The van der Waals surface area contributed by atoms with Crippen molar-refractivity contribution in [3.63, 3.8) is 0 Å². The monoisotopic (exact) mass is 532 g/mol. The summed E-state index contributed by atoms with van der Waals surface area (Å²) in [6, 6.07) is 24.8. The standard InChI is InChI=1S/C33H32N4OS/c38-33(26-15-8-12-24-11-4-5-13-25(24)26)37-21-19-36(20-22-37)31-30-27-14-6-7-16-28(27)39-32(30)35-29(34-31)18-17-23-9-2-1-3-10-23/h1-5,8-13,15H,6-7,14,16-22H2. The van der Waals surface area contributed by atoms with Gasteiger partial charge in [0.15, 0.2) is 0 Å². The number of rotatable bonds is 5. The molecule has 0 spiro atoms. The largest absolute Gasteiger partial charge is 0.352 e. The first-order valence-electron chi connectivity index (χ1n) is 14.1. The minimum atomic E-state index is 0.121. The van der Waals surface area contributed by atoms with Crippen LogP contribution in [0.3, 0.4) is 0 Å². The van der Waals surface area contributed by atoms with Crippen LogP contribution in [0.25, 0.3) is 21.0 Å². The lowest BCUT2D eigenvalue weighted by Gasteiger charge is -2.36. The average Bonchev–Trinajstić information content (AvgIpc) is 3.38. The Kier molecular flexibility index (Phi) is 6.49. The molecule has 0 radical (unpaired) electrons. The molecule has 1 aliphatic carbocycles. The van der Waals surface area contributed by atoms with Crippen LogP contribution in [0.4, 0.5) is 5.82 Å². The fourth-order valence-electron chi connectivity index (χ4n) is 6.13. The number of hydrogen-bond donors (Lipinski definition) is 0. The van der Waals surface area contributed by atoms with E-state index in [4.69, 9.17) is 9.97 Å². The number of nitrogens with zero attached hydrogens (tertiary/aromatic N) is 4. The van der Waals surface area contributed by atoms with Crippen LogP contribution >= 0.6 is 11.3 Å². The maximum Gasteiger partial charge on any atom is 0.254 e. The molecule has 1 fully saturated rings. The number of thiophene rings is 1. The first-order valence-corrected chi connectivity index (χ1v) is 14.9. The summed E-state index contributed by atoms with van der Waals surface area (Å²) in [5.74, 6) is 2.13. The first kappa shape index (κ1) is 24.3. The molecule has 1 saturated heterocycles. The van der Waals surface area contributed by atoms with Gasteiger partial charge >= 0.3 is 0 Å². The summed E-state index contributed by atoms with van der Waals surface area (Å²) in [6.07, 6.45) is 6.54. The van der Waals surface area contributed by atoms with Crippen molar-refractivity contribution in [3.05, 3.63) is 100 Å². The molecular weight excluding hydrogens is 500 g/mol. The molecule has 0 atom stereocenters. The number of fused-ring (bicyclic) bond motifs is 4. The molecule has 39 heavy (non-hydrogen) atoms. The molecule has 2 aromatic heterocycles. The van der Waals surface area contributed by atoms with E-state index in [0.717, 1.165) is 71.6 Å². The summed E-state index contributed by atoms with van der Waals surface area (Å²) in [6.45, 7) is 2.95. The number of aromatic nitrogens is 2. The second-order valence-corrected chi connectivity index (χ2v) is 11.7. The van der Waals surface area contributed by atoms with Crippen LogP contribution in [0, 0.1) is 0 Å². The Morgan fingerprint density at radius 2 is 1.56 bits per heavy atom. The van der Waals surface area contributed by atoms with E-state index in [9.17, 15) is 4.79 Å². The molecular formula is C33H32N4OS. The molecule has 5 nitrogen and oxygen atoms in total. The fraction of sp³-hybridized carbons (Fsp3) is 0.303. The number of carbonyl (C=O) groups excluding carboxylic acids is 1. The predicted molar refractivity (Wildman–Crippen MR) is 160 cm³/mol. The second-order valence-electron chi connectivity index (χ2n) is 10.6. The molecule has 196 valence electrons. The van der Waals surface area contributed by atoms with E-state index in [2.05, 4.69) is 47.4 Å². The van der Waals surface area contributed by atoms with E-state index in [1.807, 2.05) is 46.6 Å². The highest BCUT2D eigenvalue weighted by Crippen LogP contribution is 2.40. The van der Waals surface area contributed by atoms with Gasteiger partial charge < -0.3 is 9.80 Å². The Morgan fingerprint density at radius 3 is 2.44 bits per heavy atom. The molecule has 3 aromatic carbocycles. The molecule has 6 heteroatoms. The number of carbonyl (C=O) groups is 1. The van der Waals surface area contributed by atoms with Gasteiger partial charge in [-0.3, -0.25) is 4.79 Å². The third-order valence-corrected chi connectivity index (χ3v) is 9.39. The van der Waals surface area contributed by atoms with Crippen LogP contribution < -0.4 is 4.90 Å². The van der Waals surface area contributed by atoms with Gasteiger partial charge in [-0.25, -0.2) is 9.97 Å². The quantitative estimate of drug-likeness (QED) is 0.260. The van der Waals surface area contributed by atoms with Crippen LogP contribution in [0.1, 0.15) is 45.0 Å². The lowest BCUT2D eigenvalue weighted by atomic mass is 9.96. The minimum absolute atomic E-state index is 0.121. The van der Waals surface area contributed by atoms with Gasteiger partial charge in [-0.1, -0.05) is 66.7 Å². The zero-order chi connectivity index (χ0) is 26.2. The second kappa shape index (κ2) is 10.4. The van der Waals surface area contributed by atoms with Crippen LogP contribution in [0.2, 0.25) is 0 Å². The summed E-state index contributed by atoms with van der Waals surface area (Å²) in [5.41, 5.74) is 3.58. The maximum absolute atomic E-state index is 13.6. The van der Waals surface area contributed by atoms with Crippen molar-refractivity contribution >= 4 is 44.1 Å². The van der Waals surface area contributed by atoms with E-state index < -0.39 is 0 Å². The van der Waals surface area contributed by atoms with Crippen LogP contribution in [-0.4, -0.2) is 47.0 Å². The third kappa shape index (κ3) is 4.67. The summed E-state index contributed by atoms with van der Waals surface area (Å²) in [5, 5.41) is 3.40. The van der Waals surface area contributed by atoms with E-state index in [0.29, 0.717) is 13.1 Å². The highest BCUT2D eigenvalue weighted by atomic mass is 32.1. The summed E-state index contributed by atoms with van der Waals surface area (Å²) < 4.78 is 0. The number of aryl methyl sites for hydroxylation is 4. The average molecular weight is 533 g/mol. The number of amides is 1. The van der Waals surface area contributed by atoms with Crippen molar-refractivity contribution < 1.29 is 4.79 Å². The van der Waals surface area contributed by atoms with E-state index in [-0.39, 0.29) is 5.91 Å². The lowest BCUT2D eigenvalue weighted by molar-refractivity contribution is 0.0748. The van der Waals surface area contributed by atoms with Gasteiger partial charge in [0.1, 0.15) is 16.5 Å². The number of hydrogen-bond acceptors (Lipinski definition) is 5. The van der Waals surface area contributed by atoms with Gasteiger partial charge in [-0.2, -0.15) is 0 Å². The molecule has 1 amide bonds. The van der Waals surface area contributed by atoms with Gasteiger partial charge in [0.25, 0.3) is 5.91 Å². The van der Waals surface area contributed by atoms with Crippen molar-refractivity contribution in [2.75, 3.05) is 31.1 Å².